The number of carbonyl (C=O) groups excluding carboxylic acids is 2. The minimum Gasteiger partial charge on any atom is -0.426 e. The molecule has 0 amide bonds. The van der Waals surface area contributed by atoms with Gasteiger partial charge in [0.25, 0.3) is 0 Å². The van der Waals surface area contributed by atoms with Crippen LogP contribution in [-0.2, 0) is 4.79 Å². The van der Waals surface area contributed by atoms with Gasteiger partial charge < -0.3 is 4.74 Å². The molecule has 18 heavy (non-hydrogen) atoms. The van der Waals surface area contributed by atoms with Gasteiger partial charge in [-0.15, -0.1) is 0 Å². The topological polar surface area (TPSA) is 43.4 Å². The Labute approximate surface area is 109 Å². The van der Waals surface area contributed by atoms with Gasteiger partial charge in [0, 0.05) is 6.42 Å². The maximum Gasteiger partial charge on any atom is 0.311 e. The Morgan fingerprint density at radius 2 is 1.94 bits per heavy atom. The van der Waals surface area contributed by atoms with Crippen LogP contribution in [-0.4, -0.2) is 12.3 Å². The summed E-state index contributed by atoms with van der Waals surface area (Å²) < 4.78 is 5.14. The van der Waals surface area contributed by atoms with Crippen LogP contribution >= 0.6 is 0 Å². The van der Waals surface area contributed by atoms with Crippen molar-refractivity contribution in [2.24, 2.45) is 5.92 Å². The zero-order valence-electron chi connectivity index (χ0n) is 11.6. The Balaban J connectivity index is 0.00000137. The summed E-state index contributed by atoms with van der Waals surface area (Å²) >= 11 is 0. The number of aldehydes is 1. The van der Waals surface area contributed by atoms with Crippen LogP contribution in [0.3, 0.4) is 0 Å². The summed E-state index contributed by atoms with van der Waals surface area (Å²) in [5, 5.41) is 0. The minimum atomic E-state index is -0.288. The van der Waals surface area contributed by atoms with Gasteiger partial charge in [0.2, 0.25) is 0 Å². The molecule has 0 bridgehead atoms. The lowest BCUT2D eigenvalue weighted by molar-refractivity contribution is -0.135. The van der Waals surface area contributed by atoms with Crippen LogP contribution in [0.15, 0.2) is 24.3 Å². The molecular formula is C15H22O3. The Kier molecular flexibility index (Phi) is 8.54. The van der Waals surface area contributed by atoms with Gasteiger partial charge in [-0.2, -0.15) is 0 Å². The molecule has 1 aromatic carbocycles. The molecule has 100 valence electrons. The zero-order valence-corrected chi connectivity index (χ0v) is 11.6. The number of hydrogen-bond donors (Lipinski definition) is 0. The van der Waals surface area contributed by atoms with Crippen LogP contribution in [0.1, 0.15) is 50.9 Å². The van der Waals surface area contributed by atoms with Gasteiger partial charge in [0.05, 0.1) is 5.56 Å². The molecule has 0 aromatic heterocycles. The first-order valence-electron chi connectivity index (χ1n) is 6.42. The van der Waals surface area contributed by atoms with E-state index in [4.69, 9.17) is 4.74 Å². The van der Waals surface area contributed by atoms with Gasteiger partial charge in [0.1, 0.15) is 5.75 Å². The van der Waals surface area contributed by atoms with Crippen molar-refractivity contribution in [3.05, 3.63) is 29.8 Å². The molecule has 1 aromatic rings. The molecule has 3 heteroatoms. The van der Waals surface area contributed by atoms with E-state index in [2.05, 4.69) is 0 Å². The molecular weight excluding hydrogens is 228 g/mol. The van der Waals surface area contributed by atoms with E-state index in [1.807, 2.05) is 27.7 Å². The Morgan fingerprint density at radius 3 is 2.50 bits per heavy atom. The van der Waals surface area contributed by atoms with Crippen LogP contribution in [0.4, 0.5) is 0 Å². The molecule has 3 nitrogen and oxygen atoms in total. The molecule has 0 aliphatic rings. The highest BCUT2D eigenvalue weighted by molar-refractivity contribution is 5.82. The first-order chi connectivity index (χ1) is 8.67. The number of carbonyl (C=O) groups is 2. The second kappa shape index (κ2) is 9.40. The van der Waals surface area contributed by atoms with E-state index in [0.717, 1.165) is 6.42 Å². The van der Waals surface area contributed by atoms with Crippen LogP contribution in [0.5, 0.6) is 5.75 Å². The molecule has 1 rings (SSSR count). The van der Waals surface area contributed by atoms with Crippen molar-refractivity contribution >= 4 is 12.3 Å². The summed E-state index contributed by atoms with van der Waals surface area (Å²) in [5.74, 6) is 0.352. The summed E-state index contributed by atoms with van der Waals surface area (Å²) in [6.07, 6.45) is 2.00. The lowest BCUT2D eigenvalue weighted by atomic mass is 10.1. The minimum absolute atomic E-state index is 0.288. The van der Waals surface area contributed by atoms with Crippen molar-refractivity contribution in [1.82, 2.24) is 0 Å². The molecule has 0 aliphatic carbocycles. The highest BCUT2D eigenvalue weighted by atomic mass is 16.5. The normalized spacial score (nSPS) is 10.9. The Hall–Kier alpha value is -1.64. The lowest BCUT2D eigenvalue weighted by Gasteiger charge is -2.09. The first kappa shape index (κ1) is 16.4. The first-order valence-corrected chi connectivity index (χ1v) is 6.42. The van der Waals surface area contributed by atoms with E-state index in [-0.39, 0.29) is 5.97 Å². The van der Waals surface area contributed by atoms with E-state index >= 15 is 0 Å². The third-order valence-corrected chi connectivity index (χ3v) is 2.48. The number of rotatable bonds is 5. The Morgan fingerprint density at radius 1 is 1.33 bits per heavy atom. The van der Waals surface area contributed by atoms with E-state index in [1.54, 1.807) is 24.3 Å². The van der Waals surface area contributed by atoms with Crippen LogP contribution in [0, 0.1) is 5.92 Å². The highest BCUT2D eigenvalue weighted by Gasteiger charge is 2.11. The van der Waals surface area contributed by atoms with Crippen molar-refractivity contribution in [3.63, 3.8) is 0 Å². The number of ether oxygens (including phenoxy) is 1. The lowest BCUT2D eigenvalue weighted by Crippen LogP contribution is -2.12. The van der Waals surface area contributed by atoms with Gasteiger partial charge in [-0.25, -0.2) is 0 Å². The molecule has 0 radical (unpaired) electrons. The summed E-state index contributed by atoms with van der Waals surface area (Å²) in [6.45, 7) is 8.02. The van der Waals surface area contributed by atoms with Gasteiger partial charge in [-0.3, -0.25) is 9.59 Å². The smallest absolute Gasteiger partial charge is 0.311 e. The Bertz CT molecular complexity index is 372. The molecule has 0 saturated carbocycles. The predicted molar refractivity (Wildman–Crippen MR) is 72.9 cm³/mol. The van der Waals surface area contributed by atoms with E-state index in [9.17, 15) is 9.59 Å². The van der Waals surface area contributed by atoms with Gasteiger partial charge in [-0.05, 0) is 18.1 Å². The molecule has 0 spiro atoms. The quantitative estimate of drug-likeness (QED) is 0.452. The fourth-order valence-electron chi connectivity index (χ4n) is 1.26. The van der Waals surface area contributed by atoms with Crippen LogP contribution in [0.25, 0.3) is 0 Å². The fraction of sp³-hybridized carbons (Fsp3) is 0.467. The summed E-state index contributed by atoms with van der Waals surface area (Å²) in [6, 6.07) is 6.71. The highest BCUT2D eigenvalue weighted by Crippen LogP contribution is 2.17. The van der Waals surface area contributed by atoms with E-state index in [0.29, 0.717) is 29.9 Å². The van der Waals surface area contributed by atoms with E-state index < -0.39 is 0 Å². The second-order valence-corrected chi connectivity index (χ2v) is 3.85. The third-order valence-electron chi connectivity index (χ3n) is 2.48. The summed E-state index contributed by atoms with van der Waals surface area (Å²) in [7, 11) is 0. The average molecular weight is 250 g/mol. The monoisotopic (exact) mass is 250 g/mol. The maximum absolute atomic E-state index is 11.5. The van der Waals surface area contributed by atoms with Gasteiger partial charge in [-0.1, -0.05) is 46.2 Å². The zero-order chi connectivity index (χ0) is 14.0. The summed E-state index contributed by atoms with van der Waals surface area (Å²) in [4.78, 5) is 22.2. The third kappa shape index (κ3) is 5.62. The largest absolute Gasteiger partial charge is 0.426 e. The van der Waals surface area contributed by atoms with Crippen LogP contribution in [0.2, 0.25) is 0 Å². The molecule has 0 aliphatic heterocycles. The molecule has 1 atom stereocenters. The number of esters is 1. The van der Waals surface area contributed by atoms with Crippen molar-refractivity contribution < 1.29 is 14.3 Å². The number of benzene rings is 1. The van der Waals surface area contributed by atoms with Crippen molar-refractivity contribution in [2.75, 3.05) is 0 Å². The van der Waals surface area contributed by atoms with Crippen LogP contribution < -0.4 is 4.74 Å². The number of hydrogen-bond acceptors (Lipinski definition) is 3. The van der Waals surface area contributed by atoms with E-state index in [1.165, 1.54) is 0 Å². The number of para-hydroxylation sites is 1. The SMILES string of the molecule is CC.CCC(C)CC(=O)Oc1ccccc1C=O. The summed E-state index contributed by atoms with van der Waals surface area (Å²) in [5.41, 5.74) is 0.403. The van der Waals surface area contributed by atoms with Crippen molar-refractivity contribution in [3.8, 4) is 5.75 Å². The molecule has 0 N–H and O–H groups in total. The van der Waals surface area contributed by atoms with Gasteiger partial charge in [0.15, 0.2) is 6.29 Å². The average Bonchev–Trinajstić information content (AvgIpc) is 2.41. The molecule has 0 saturated heterocycles. The second-order valence-electron chi connectivity index (χ2n) is 3.85. The molecule has 0 heterocycles. The predicted octanol–water partition coefficient (Wildman–Crippen LogP) is 3.87. The molecule has 0 fully saturated rings. The maximum atomic E-state index is 11.5. The van der Waals surface area contributed by atoms with Crippen molar-refractivity contribution in [2.45, 2.75) is 40.5 Å². The molecule has 1 unspecified atom stereocenters. The van der Waals surface area contributed by atoms with Crippen molar-refractivity contribution in [1.29, 1.82) is 0 Å². The fourth-order valence-corrected chi connectivity index (χ4v) is 1.26. The van der Waals surface area contributed by atoms with Gasteiger partial charge >= 0.3 is 5.97 Å². The standard InChI is InChI=1S/C13H16O3.C2H6/c1-3-10(2)8-13(15)16-12-7-5-4-6-11(12)9-14;1-2/h4-7,9-10H,3,8H2,1-2H3;1-2H3.